The van der Waals surface area contributed by atoms with Crippen LogP contribution in [0.2, 0.25) is 0 Å². The molecule has 5 atom stereocenters. The van der Waals surface area contributed by atoms with Crippen molar-refractivity contribution >= 4 is 5.78 Å². The zero-order chi connectivity index (χ0) is 33.6. The number of allylic oxidation sites excluding steroid dienone is 11. The summed E-state index contributed by atoms with van der Waals surface area (Å²) >= 11 is 0. The molecule has 4 aliphatic rings. The van der Waals surface area contributed by atoms with Gasteiger partial charge in [0.15, 0.2) is 5.78 Å². The van der Waals surface area contributed by atoms with Crippen molar-refractivity contribution in [1.29, 1.82) is 0 Å². The van der Waals surface area contributed by atoms with Crippen LogP contribution in [0.15, 0.2) is 107 Å². The molecule has 1 unspecified atom stereocenters. The molecule has 0 fully saturated rings. The molecule has 4 aliphatic carbocycles. The van der Waals surface area contributed by atoms with Crippen LogP contribution in [-0.2, 0) is 4.79 Å². The summed E-state index contributed by atoms with van der Waals surface area (Å²) in [5.41, 5.74) is 10.8. The summed E-state index contributed by atoms with van der Waals surface area (Å²) in [5.74, 6) is 2.47. The van der Waals surface area contributed by atoms with Gasteiger partial charge in [0, 0.05) is 6.42 Å². The maximum absolute atomic E-state index is 11.2. The number of rotatable bonds is 5. The van der Waals surface area contributed by atoms with Gasteiger partial charge in [0.1, 0.15) is 0 Å². The molecule has 0 heterocycles. The normalized spacial score (nSPS) is 26.3. The second-order valence-corrected chi connectivity index (χ2v) is 13.6. The quantitative estimate of drug-likeness (QED) is 0.308. The Morgan fingerprint density at radius 1 is 0.727 bits per heavy atom. The Hall–Kier alpha value is -2.75. The van der Waals surface area contributed by atoms with E-state index in [1.807, 2.05) is 33.8 Å². The van der Waals surface area contributed by atoms with Gasteiger partial charge in [0.05, 0.1) is 12.7 Å². The lowest BCUT2D eigenvalue weighted by atomic mass is 9.83. The number of ketones is 1. The third-order valence-electron chi connectivity index (χ3n) is 9.59. The van der Waals surface area contributed by atoms with E-state index in [-0.39, 0.29) is 18.5 Å². The van der Waals surface area contributed by atoms with E-state index in [0.717, 1.165) is 61.7 Å². The van der Waals surface area contributed by atoms with Gasteiger partial charge in [-0.1, -0.05) is 90.6 Å². The smallest absolute Gasteiger partial charge is 0.158 e. The zero-order valence-electron chi connectivity index (χ0n) is 29.1. The van der Waals surface area contributed by atoms with Crippen LogP contribution < -0.4 is 0 Å². The molecule has 0 aromatic rings. The van der Waals surface area contributed by atoms with Crippen molar-refractivity contribution in [2.45, 2.75) is 112 Å². The highest BCUT2D eigenvalue weighted by Gasteiger charge is 2.20. The average Bonchev–Trinajstić information content (AvgIpc) is 2.98. The molecule has 3 nitrogen and oxygen atoms in total. The first-order valence-corrected chi connectivity index (χ1v) is 16.4. The Bertz CT molecular complexity index is 1130. The fourth-order valence-corrected chi connectivity index (χ4v) is 5.55. The highest BCUT2D eigenvalue weighted by molar-refractivity contribution is 5.95. The van der Waals surface area contributed by atoms with Crippen molar-refractivity contribution in [2.24, 2.45) is 23.7 Å². The summed E-state index contributed by atoms with van der Waals surface area (Å²) in [6, 6.07) is 0. The Morgan fingerprint density at radius 2 is 1.20 bits per heavy atom. The van der Waals surface area contributed by atoms with Crippen molar-refractivity contribution in [3.63, 3.8) is 0 Å². The predicted octanol–water partition coefficient (Wildman–Crippen LogP) is 10.5. The summed E-state index contributed by atoms with van der Waals surface area (Å²) in [7, 11) is 0. The Kier molecular flexibility index (Phi) is 17.5. The number of carbonyl (C=O) groups excluding carboxylic acids is 1. The number of hydrogen-bond donors (Lipinski definition) is 2. The molecule has 0 bridgehead atoms. The minimum absolute atomic E-state index is 0.231. The van der Waals surface area contributed by atoms with Gasteiger partial charge in [-0.15, -0.1) is 0 Å². The third kappa shape index (κ3) is 13.9. The molecule has 244 valence electrons. The number of hydrogen-bond acceptors (Lipinski definition) is 3. The molecule has 0 aromatic heterocycles. The molecule has 4 rings (SSSR count). The first kappa shape index (κ1) is 39.3. The predicted molar refractivity (Wildman–Crippen MR) is 191 cm³/mol. The highest BCUT2D eigenvalue weighted by Crippen LogP contribution is 2.31. The molecule has 0 saturated carbocycles. The minimum Gasteiger partial charge on any atom is -0.392 e. The van der Waals surface area contributed by atoms with Crippen LogP contribution in [0.1, 0.15) is 106 Å². The number of aliphatic hydroxyl groups is 2. The van der Waals surface area contributed by atoms with Crippen LogP contribution in [0.4, 0.5) is 0 Å². The first-order valence-electron chi connectivity index (χ1n) is 16.4. The molecule has 0 radical (unpaired) electrons. The van der Waals surface area contributed by atoms with E-state index in [9.17, 15) is 9.90 Å². The Morgan fingerprint density at radius 3 is 1.61 bits per heavy atom. The maximum atomic E-state index is 11.2. The summed E-state index contributed by atoms with van der Waals surface area (Å²) in [6.07, 6.45) is 17.5. The second-order valence-electron chi connectivity index (χ2n) is 13.6. The van der Waals surface area contributed by atoms with Gasteiger partial charge in [-0.3, -0.25) is 4.79 Å². The van der Waals surface area contributed by atoms with Crippen LogP contribution in [-0.4, -0.2) is 28.7 Å². The van der Waals surface area contributed by atoms with E-state index in [1.54, 1.807) is 0 Å². The molecule has 0 aromatic carbocycles. The fraction of sp³-hybridized carbons (Fsp3) is 0.537. The second kappa shape index (κ2) is 19.6. The summed E-state index contributed by atoms with van der Waals surface area (Å²) in [5, 5.41) is 18.3. The summed E-state index contributed by atoms with van der Waals surface area (Å²) in [4.78, 5) is 11.2. The molecule has 2 N–H and O–H groups in total. The molecule has 44 heavy (non-hydrogen) atoms. The van der Waals surface area contributed by atoms with Gasteiger partial charge < -0.3 is 10.2 Å². The lowest BCUT2D eigenvalue weighted by Gasteiger charge is -2.24. The molecule has 0 aliphatic heterocycles. The standard InChI is InChI=1S/C11H16.C10H16O.C10H14O.C10H16O/c1-8(2)11-6-5-9(3)10(4)7-11;2*1-7(2)9-5-4-8(3)10(11)6-9;1-8(2)10-5-3-9(7-11)4-6-10/h5,11H,1,4,6-7H2,2-3H3;4,9-11H,1,5-6H2,2-3H3;4,9H,1,5-6H2,2-3H3;3,10-11H,1,4-7H2,2H3/t11-;9-,10?;9-;10-/m0111/s1. The van der Waals surface area contributed by atoms with Crippen LogP contribution >= 0.6 is 0 Å². The van der Waals surface area contributed by atoms with Gasteiger partial charge >= 0.3 is 0 Å². The van der Waals surface area contributed by atoms with Crippen molar-refractivity contribution in [2.75, 3.05) is 6.61 Å². The van der Waals surface area contributed by atoms with E-state index in [2.05, 4.69) is 71.9 Å². The molecular formula is C41H62O3. The van der Waals surface area contributed by atoms with E-state index in [1.165, 1.54) is 39.9 Å². The van der Waals surface area contributed by atoms with Crippen LogP contribution in [0.25, 0.3) is 0 Å². The molecule has 0 saturated heterocycles. The van der Waals surface area contributed by atoms with Crippen LogP contribution in [0, 0.1) is 23.7 Å². The number of aliphatic hydroxyl groups excluding tert-OH is 2. The van der Waals surface area contributed by atoms with Crippen molar-refractivity contribution in [3.05, 3.63) is 107 Å². The van der Waals surface area contributed by atoms with Gasteiger partial charge in [-0.25, -0.2) is 0 Å². The molecular weight excluding hydrogens is 540 g/mol. The maximum Gasteiger partial charge on any atom is 0.158 e. The van der Waals surface area contributed by atoms with E-state index in [0.29, 0.717) is 30.1 Å². The third-order valence-corrected chi connectivity index (χ3v) is 9.59. The van der Waals surface area contributed by atoms with E-state index >= 15 is 0 Å². The monoisotopic (exact) mass is 602 g/mol. The van der Waals surface area contributed by atoms with Gasteiger partial charge in [-0.2, -0.15) is 0 Å². The zero-order valence-corrected chi connectivity index (χ0v) is 29.1. The van der Waals surface area contributed by atoms with Crippen LogP contribution in [0.3, 0.4) is 0 Å². The summed E-state index contributed by atoms with van der Waals surface area (Å²) in [6.45, 7) is 34.1. The number of Topliss-reactive ketones (excluding diaryl/α,β-unsaturated/α-hetero) is 1. The molecule has 0 amide bonds. The van der Waals surface area contributed by atoms with Gasteiger partial charge in [0.25, 0.3) is 0 Å². The minimum atomic E-state index is -0.231. The van der Waals surface area contributed by atoms with Crippen molar-refractivity contribution in [1.82, 2.24) is 0 Å². The average molecular weight is 603 g/mol. The fourth-order valence-electron chi connectivity index (χ4n) is 5.55. The van der Waals surface area contributed by atoms with Gasteiger partial charge in [-0.05, 0) is 140 Å². The highest BCUT2D eigenvalue weighted by atomic mass is 16.3. The van der Waals surface area contributed by atoms with E-state index < -0.39 is 0 Å². The SMILES string of the molecule is C=C(C)[C@@H]1CC=C(C)C(=O)C1.C=C(C)[C@@H]1CC=C(C)C(O)C1.C=C(C)[C@@H]1CC=C(CO)CC1.C=C1C[C@@H](C(=C)C)CC=C1C. The Balaban J connectivity index is 0.000000293. The first-order chi connectivity index (χ1) is 20.6. The number of carbonyl (C=O) groups is 1. The van der Waals surface area contributed by atoms with Crippen LogP contribution in [0.5, 0.6) is 0 Å². The Labute approximate surface area is 270 Å². The van der Waals surface area contributed by atoms with Crippen molar-refractivity contribution in [3.8, 4) is 0 Å². The summed E-state index contributed by atoms with van der Waals surface area (Å²) < 4.78 is 0. The topological polar surface area (TPSA) is 57.5 Å². The largest absolute Gasteiger partial charge is 0.392 e. The molecule has 3 heteroatoms. The lowest BCUT2D eigenvalue weighted by molar-refractivity contribution is -0.116. The van der Waals surface area contributed by atoms with E-state index in [4.69, 9.17) is 5.11 Å². The van der Waals surface area contributed by atoms with Gasteiger partial charge in [0.2, 0.25) is 0 Å². The van der Waals surface area contributed by atoms with Crippen molar-refractivity contribution < 1.29 is 15.0 Å². The lowest BCUT2D eigenvalue weighted by Crippen LogP contribution is -2.19. The molecule has 0 spiro atoms.